The van der Waals surface area contributed by atoms with E-state index in [1.165, 1.54) is 0 Å². The molecule has 0 aliphatic carbocycles. The fraction of sp³-hybridized carbons (Fsp3) is 0.0417. The molecule has 8 nitrogen and oxygen atoms in total. The number of amides is 1. The van der Waals surface area contributed by atoms with Crippen molar-refractivity contribution in [1.82, 2.24) is 24.7 Å². The molecule has 0 aliphatic rings. The van der Waals surface area contributed by atoms with Crippen molar-refractivity contribution in [3.05, 3.63) is 84.9 Å². The van der Waals surface area contributed by atoms with Gasteiger partial charge in [0.15, 0.2) is 5.82 Å². The third-order valence-corrected chi connectivity index (χ3v) is 5.10. The lowest BCUT2D eigenvalue weighted by molar-refractivity contribution is 0.100. The second-order valence-electron chi connectivity index (χ2n) is 7.31. The molecule has 0 aliphatic heterocycles. The van der Waals surface area contributed by atoms with Crippen LogP contribution in [0.25, 0.3) is 33.4 Å². The first-order chi connectivity index (χ1) is 15.6. The number of carbonyl (C=O) groups is 1. The zero-order chi connectivity index (χ0) is 22.1. The van der Waals surface area contributed by atoms with Gasteiger partial charge in [-0.05, 0) is 42.0 Å². The summed E-state index contributed by atoms with van der Waals surface area (Å²) in [6, 6.07) is 16.8. The monoisotopic (exact) mass is 421 g/mol. The molecule has 8 heteroatoms. The summed E-state index contributed by atoms with van der Waals surface area (Å²) in [4.78, 5) is 25.6. The van der Waals surface area contributed by atoms with E-state index in [2.05, 4.69) is 15.4 Å². The van der Waals surface area contributed by atoms with Gasteiger partial charge in [0, 0.05) is 42.2 Å². The van der Waals surface area contributed by atoms with Gasteiger partial charge in [-0.25, -0.2) is 9.97 Å². The number of fused-ring (bicyclic) bond motifs is 1. The zero-order valence-electron chi connectivity index (χ0n) is 17.2. The van der Waals surface area contributed by atoms with Crippen LogP contribution >= 0.6 is 0 Å². The van der Waals surface area contributed by atoms with Gasteiger partial charge in [-0.2, -0.15) is 5.10 Å². The fourth-order valence-electron chi connectivity index (χ4n) is 3.53. The number of para-hydroxylation sites is 1. The maximum atomic E-state index is 11.9. The van der Waals surface area contributed by atoms with Crippen molar-refractivity contribution in [2.24, 2.45) is 12.8 Å². The summed E-state index contributed by atoms with van der Waals surface area (Å²) >= 11 is 0. The molecule has 5 aromatic rings. The van der Waals surface area contributed by atoms with Gasteiger partial charge in [-0.15, -0.1) is 0 Å². The first kappa shape index (κ1) is 19.4. The second kappa shape index (κ2) is 7.92. The quantitative estimate of drug-likeness (QED) is 0.445. The average Bonchev–Trinajstić information content (AvgIpc) is 3.26. The number of carbonyl (C=O) groups excluding carboxylic acids is 1. The van der Waals surface area contributed by atoms with Crippen LogP contribution in [0.3, 0.4) is 0 Å². The summed E-state index contributed by atoms with van der Waals surface area (Å²) in [7, 11) is 1.88. The van der Waals surface area contributed by atoms with Gasteiger partial charge in [-0.1, -0.05) is 18.2 Å². The van der Waals surface area contributed by atoms with Gasteiger partial charge < -0.3 is 11.1 Å². The summed E-state index contributed by atoms with van der Waals surface area (Å²) in [5.74, 6) is 0.571. The van der Waals surface area contributed by atoms with E-state index in [1.807, 2.05) is 55.8 Å². The molecule has 0 fully saturated rings. The highest BCUT2D eigenvalue weighted by atomic mass is 16.1. The molecule has 5 rings (SSSR count). The van der Waals surface area contributed by atoms with Crippen LogP contribution in [0.5, 0.6) is 0 Å². The second-order valence-corrected chi connectivity index (χ2v) is 7.31. The van der Waals surface area contributed by atoms with E-state index in [0.717, 1.165) is 27.6 Å². The Hall–Kier alpha value is -4.59. The first-order valence-electron chi connectivity index (χ1n) is 9.95. The largest absolute Gasteiger partial charge is 0.366 e. The van der Waals surface area contributed by atoms with Gasteiger partial charge in [0.25, 0.3) is 5.91 Å². The number of aromatic nitrogens is 5. The summed E-state index contributed by atoms with van der Waals surface area (Å²) in [6.45, 7) is 0. The van der Waals surface area contributed by atoms with Gasteiger partial charge in [-0.3, -0.25) is 14.5 Å². The molecule has 0 unspecified atom stereocenters. The molecular formula is C24H19N7O. The summed E-state index contributed by atoms with van der Waals surface area (Å²) < 4.78 is 1.75. The number of nitrogens with one attached hydrogen (secondary N) is 1. The van der Waals surface area contributed by atoms with Crippen molar-refractivity contribution in [3.63, 3.8) is 0 Å². The summed E-state index contributed by atoms with van der Waals surface area (Å²) in [6.07, 6.45) is 7.17. The minimum absolute atomic E-state index is 0.380. The predicted octanol–water partition coefficient (Wildman–Crippen LogP) is 3.93. The Kier molecular flexibility index (Phi) is 4.79. The Morgan fingerprint density at radius 2 is 1.84 bits per heavy atom. The van der Waals surface area contributed by atoms with Crippen molar-refractivity contribution in [3.8, 4) is 22.5 Å². The molecule has 0 spiro atoms. The number of rotatable bonds is 5. The van der Waals surface area contributed by atoms with Crippen LogP contribution in [0.15, 0.2) is 79.4 Å². The SMILES string of the molecule is Cn1cc(-c2ccc3nc(-c4cccnc4)nc(Nc4ccccc4C(N)=O)c3c2)cn1. The molecule has 0 atom stereocenters. The van der Waals surface area contributed by atoms with Gasteiger partial charge >= 0.3 is 0 Å². The van der Waals surface area contributed by atoms with Crippen LogP contribution in [0.4, 0.5) is 11.5 Å². The molecule has 1 amide bonds. The molecule has 0 bridgehead atoms. The van der Waals surface area contributed by atoms with E-state index >= 15 is 0 Å². The van der Waals surface area contributed by atoms with E-state index < -0.39 is 5.91 Å². The Morgan fingerprint density at radius 3 is 2.59 bits per heavy atom. The van der Waals surface area contributed by atoms with Gasteiger partial charge in [0.1, 0.15) is 5.82 Å². The molecule has 0 saturated heterocycles. The molecular weight excluding hydrogens is 402 g/mol. The Morgan fingerprint density at radius 1 is 0.969 bits per heavy atom. The number of hydrogen-bond donors (Lipinski definition) is 2. The Balaban J connectivity index is 1.70. The number of nitrogens with two attached hydrogens (primary N) is 1. The summed E-state index contributed by atoms with van der Waals surface area (Å²) in [5, 5.41) is 8.36. The van der Waals surface area contributed by atoms with Crippen molar-refractivity contribution in [2.45, 2.75) is 0 Å². The van der Waals surface area contributed by atoms with Gasteiger partial charge in [0.2, 0.25) is 0 Å². The van der Waals surface area contributed by atoms with Crippen LogP contribution in [0.1, 0.15) is 10.4 Å². The lowest BCUT2D eigenvalue weighted by atomic mass is 10.1. The molecule has 32 heavy (non-hydrogen) atoms. The Bertz CT molecular complexity index is 1440. The standard InChI is InChI=1S/C24H19N7O/c1-31-14-17(13-27-31)15-8-9-21-19(11-15)24(29-20-7-3-2-6-18(20)22(25)32)30-23(28-21)16-5-4-10-26-12-16/h2-14H,1H3,(H2,25,32)(H,28,29,30). The van der Waals surface area contributed by atoms with Crippen molar-refractivity contribution >= 4 is 28.3 Å². The Labute approximate surface area is 183 Å². The minimum Gasteiger partial charge on any atom is -0.366 e. The van der Waals surface area contributed by atoms with Crippen LogP contribution in [0.2, 0.25) is 0 Å². The molecule has 3 heterocycles. The fourth-order valence-corrected chi connectivity index (χ4v) is 3.53. The van der Waals surface area contributed by atoms with Crippen molar-refractivity contribution < 1.29 is 4.79 Å². The number of nitrogens with zero attached hydrogens (tertiary/aromatic N) is 5. The minimum atomic E-state index is -0.519. The highest BCUT2D eigenvalue weighted by Crippen LogP contribution is 2.31. The molecule has 156 valence electrons. The lowest BCUT2D eigenvalue weighted by Crippen LogP contribution is -2.13. The molecule has 2 aromatic carbocycles. The van der Waals surface area contributed by atoms with Gasteiger partial charge in [0.05, 0.1) is 23.0 Å². The summed E-state index contributed by atoms with van der Waals surface area (Å²) in [5.41, 5.74) is 10.0. The third kappa shape index (κ3) is 3.65. The van der Waals surface area contributed by atoms with Crippen LogP contribution < -0.4 is 11.1 Å². The molecule has 3 aromatic heterocycles. The number of pyridine rings is 1. The van der Waals surface area contributed by atoms with E-state index in [4.69, 9.17) is 15.7 Å². The highest BCUT2D eigenvalue weighted by molar-refractivity contribution is 6.01. The third-order valence-electron chi connectivity index (χ3n) is 5.10. The number of benzene rings is 2. The molecule has 0 saturated carbocycles. The van der Waals surface area contributed by atoms with Crippen molar-refractivity contribution in [1.29, 1.82) is 0 Å². The number of aryl methyl sites for hydroxylation is 1. The highest BCUT2D eigenvalue weighted by Gasteiger charge is 2.14. The number of hydrogen-bond acceptors (Lipinski definition) is 6. The topological polar surface area (TPSA) is 112 Å². The smallest absolute Gasteiger partial charge is 0.250 e. The van der Waals surface area contributed by atoms with E-state index in [-0.39, 0.29) is 0 Å². The number of anilines is 2. The zero-order valence-corrected chi connectivity index (χ0v) is 17.2. The maximum absolute atomic E-state index is 11.9. The molecule has 0 radical (unpaired) electrons. The van der Waals surface area contributed by atoms with Crippen LogP contribution in [-0.4, -0.2) is 30.6 Å². The lowest BCUT2D eigenvalue weighted by Gasteiger charge is -2.14. The first-order valence-corrected chi connectivity index (χ1v) is 9.95. The predicted molar refractivity (Wildman–Crippen MR) is 123 cm³/mol. The average molecular weight is 421 g/mol. The maximum Gasteiger partial charge on any atom is 0.250 e. The molecule has 3 N–H and O–H groups in total. The van der Waals surface area contributed by atoms with E-state index in [1.54, 1.807) is 35.3 Å². The van der Waals surface area contributed by atoms with E-state index in [0.29, 0.717) is 22.9 Å². The van der Waals surface area contributed by atoms with Crippen molar-refractivity contribution in [2.75, 3.05) is 5.32 Å². The number of primary amides is 1. The van der Waals surface area contributed by atoms with Crippen LogP contribution in [0, 0.1) is 0 Å². The normalized spacial score (nSPS) is 10.9. The van der Waals surface area contributed by atoms with Crippen LogP contribution in [-0.2, 0) is 7.05 Å². The van der Waals surface area contributed by atoms with E-state index in [9.17, 15) is 4.79 Å².